The summed E-state index contributed by atoms with van der Waals surface area (Å²) in [5, 5.41) is 11.0. The molecule has 1 amide bonds. The molecule has 0 aliphatic carbocycles. The summed E-state index contributed by atoms with van der Waals surface area (Å²) in [4.78, 5) is 34.1. The Bertz CT molecular complexity index is 1440. The Kier molecular flexibility index (Phi) is 7.91. The normalized spacial score (nSPS) is 13.6. The maximum absolute atomic E-state index is 12.9. The van der Waals surface area contributed by atoms with Crippen LogP contribution in [0.25, 0.3) is 0 Å². The predicted molar refractivity (Wildman–Crippen MR) is 142 cm³/mol. The number of carbonyl (C=O) groups is 1. The molecule has 0 saturated carbocycles. The second kappa shape index (κ2) is 11.8. The molecule has 1 aliphatic rings. The fourth-order valence-electron chi connectivity index (χ4n) is 3.88. The molecule has 2 aromatic carbocycles. The molecule has 2 N–H and O–H groups in total. The van der Waals surface area contributed by atoms with Crippen molar-refractivity contribution in [3.05, 3.63) is 99.6 Å². The number of ether oxygens (including phenoxy) is 2. The van der Waals surface area contributed by atoms with Crippen molar-refractivity contribution in [1.29, 1.82) is 0 Å². The minimum Gasteiger partial charge on any atom is -0.439 e. The molecule has 3 heterocycles. The Balaban J connectivity index is 1.39. The van der Waals surface area contributed by atoms with Gasteiger partial charge in [0.25, 0.3) is 5.91 Å². The molecule has 1 fully saturated rings. The Labute approximate surface area is 223 Å². The third kappa shape index (κ3) is 6.53. The topological polar surface area (TPSA) is 120 Å². The molecule has 0 radical (unpaired) electrons. The molecule has 4 aromatic rings. The van der Waals surface area contributed by atoms with Gasteiger partial charge in [0, 0.05) is 42.2 Å². The Morgan fingerprint density at radius 2 is 1.82 bits per heavy atom. The molecule has 11 heteroatoms. The van der Waals surface area contributed by atoms with Gasteiger partial charge in [-0.25, -0.2) is 9.67 Å². The van der Waals surface area contributed by atoms with Crippen LogP contribution in [0.4, 0.5) is 11.6 Å². The summed E-state index contributed by atoms with van der Waals surface area (Å²) in [7, 11) is 0. The van der Waals surface area contributed by atoms with Crippen molar-refractivity contribution >= 4 is 29.1 Å². The summed E-state index contributed by atoms with van der Waals surface area (Å²) in [5.74, 6) is 0.706. The van der Waals surface area contributed by atoms with E-state index in [0.717, 1.165) is 5.56 Å². The highest BCUT2D eigenvalue weighted by Crippen LogP contribution is 2.23. The molecule has 0 atom stereocenters. The maximum atomic E-state index is 12.9. The fraction of sp³-hybridized carbons (Fsp3) is 0.222. The van der Waals surface area contributed by atoms with Gasteiger partial charge < -0.3 is 20.1 Å². The van der Waals surface area contributed by atoms with Crippen LogP contribution in [-0.2, 0) is 11.3 Å². The number of anilines is 2. The van der Waals surface area contributed by atoms with Crippen molar-refractivity contribution in [3.8, 4) is 11.6 Å². The van der Waals surface area contributed by atoms with E-state index in [4.69, 9.17) is 21.1 Å². The number of hydrogen-bond acceptors (Lipinski definition) is 8. The zero-order valence-corrected chi connectivity index (χ0v) is 21.1. The standard InChI is InChI=1S/C27H25ClN6O4/c28-19-6-4-18(5-7-19)17-34-27(31-20-8-10-22(11-9-20)38-23-3-1-2-14-29-23)32-26(36)24(33-34)25(35)30-21-12-15-37-16-13-21/h1-11,14,21H,12-13,15-17H2,(H,30,35)(H,31,32,36). The van der Waals surface area contributed by atoms with E-state index in [1.165, 1.54) is 4.68 Å². The van der Waals surface area contributed by atoms with E-state index in [1.807, 2.05) is 24.3 Å². The number of aromatic nitrogens is 4. The van der Waals surface area contributed by atoms with Crippen LogP contribution in [0.5, 0.6) is 11.6 Å². The number of nitrogens with one attached hydrogen (secondary N) is 2. The van der Waals surface area contributed by atoms with Crippen LogP contribution in [0.2, 0.25) is 5.02 Å². The van der Waals surface area contributed by atoms with E-state index in [0.29, 0.717) is 48.4 Å². The average molecular weight is 533 g/mol. The largest absolute Gasteiger partial charge is 0.439 e. The number of benzene rings is 2. The fourth-order valence-corrected chi connectivity index (χ4v) is 4.01. The lowest BCUT2D eigenvalue weighted by Gasteiger charge is -2.23. The van der Waals surface area contributed by atoms with Gasteiger partial charge in [0.15, 0.2) is 0 Å². The number of hydrogen-bond donors (Lipinski definition) is 2. The molecule has 1 aliphatic heterocycles. The van der Waals surface area contributed by atoms with Gasteiger partial charge >= 0.3 is 5.56 Å². The molecule has 10 nitrogen and oxygen atoms in total. The van der Waals surface area contributed by atoms with Gasteiger partial charge in [-0.15, -0.1) is 0 Å². The van der Waals surface area contributed by atoms with Crippen molar-refractivity contribution in [3.63, 3.8) is 0 Å². The molecule has 0 unspecified atom stereocenters. The Morgan fingerprint density at radius 1 is 1.05 bits per heavy atom. The highest BCUT2D eigenvalue weighted by Gasteiger charge is 2.22. The molecular formula is C27H25ClN6O4. The summed E-state index contributed by atoms with van der Waals surface area (Å²) < 4.78 is 12.6. The number of halogens is 1. The zero-order chi connectivity index (χ0) is 26.3. The van der Waals surface area contributed by atoms with E-state index in [9.17, 15) is 9.59 Å². The quantitative estimate of drug-likeness (QED) is 0.347. The lowest BCUT2D eigenvalue weighted by Crippen LogP contribution is -2.42. The van der Waals surface area contributed by atoms with E-state index in [1.54, 1.807) is 48.7 Å². The molecule has 5 rings (SSSR count). The minimum atomic E-state index is -0.723. The van der Waals surface area contributed by atoms with Crippen molar-refractivity contribution in [2.75, 3.05) is 18.5 Å². The van der Waals surface area contributed by atoms with Crippen LogP contribution in [-0.4, -0.2) is 44.9 Å². The van der Waals surface area contributed by atoms with Gasteiger partial charge in [-0.05, 0) is 60.9 Å². The summed E-state index contributed by atoms with van der Waals surface area (Å²) in [6.07, 6.45) is 3.01. The lowest BCUT2D eigenvalue weighted by atomic mass is 10.1. The van der Waals surface area contributed by atoms with Gasteiger partial charge in [-0.2, -0.15) is 10.1 Å². The Morgan fingerprint density at radius 3 is 2.53 bits per heavy atom. The van der Waals surface area contributed by atoms with Crippen molar-refractivity contribution in [1.82, 2.24) is 25.1 Å². The molecule has 194 valence electrons. The lowest BCUT2D eigenvalue weighted by molar-refractivity contribution is 0.0692. The van der Waals surface area contributed by atoms with Gasteiger partial charge in [0.2, 0.25) is 17.5 Å². The second-order valence-electron chi connectivity index (χ2n) is 8.65. The molecule has 0 bridgehead atoms. The Hall–Kier alpha value is -4.28. The van der Waals surface area contributed by atoms with Gasteiger partial charge in [-0.1, -0.05) is 29.8 Å². The van der Waals surface area contributed by atoms with Crippen molar-refractivity contribution in [2.24, 2.45) is 0 Å². The SMILES string of the molecule is O=C(NC1CCOCC1)c1nn(Cc2ccc(Cl)cc2)c(Nc2ccc(Oc3ccccn3)cc2)nc1=O. The van der Waals surface area contributed by atoms with Crippen LogP contribution >= 0.6 is 11.6 Å². The van der Waals surface area contributed by atoms with E-state index in [2.05, 4.69) is 25.7 Å². The van der Waals surface area contributed by atoms with Crippen LogP contribution in [0, 0.1) is 0 Å². The molecular weight excluding hydrogens is 508 g/mol. The van der Waals surface area contributed by atoms with Crippen LogP contribution < -0.4 is 20.9 Å². The van der Waals surface area contributed by atoms with Crippen LogP contribution in [0.1, 0.15) is 28.9 Å². The number of carbonyl (C=O) groups excluding carboxylic acids is 1. The van der Waals surface area contributed by atoms with Crippen LogP contribution in [0.15, 0.2) is 77.7 Å². The molecule has 38 heavy (non-hydrogen) atoms. The predicted octanol–water partition coefficient (Wildman–Crippen LogP) is 4.18. The summed E-state index contributed by atoms with van der Waals surface area (Å²) >= 11 is 6.03. The monoisotopic (exact) mass is 532 g/mol. The maximum Gasteiger partial charge on any atom is 0.306 e. The third-order valence-corrected chi connectivity index (χ3v) is 6.12. The highest BCUT2D eigenvalue weighted by molar-refractivity contribution is 6.30. The van der Waals surface area contributed by atoms with Gasteiger partial charge in [-0.3, -0.25) is 9.59 Å². The molecule has 2 aromatic heterocycles. The smallest absolute Gasteiger partial charge is 0.306 e. The first-order valence-electron chi connectivity index (χ1n) is 12.1. The van der Waals surface area contributed by atoms with E-state index in [-0.39, 0.29) is 24.2 Å². The summed E-state index contributed by atoms with van der Waals surface area (Å²) in [6.45, 7) is 1.38. The summed E-state index contributed by atoms with van der Waals surface area (Å²) in [5.41, 5.74) is 0.524. The second-order valence-corrected chi connectivity index (χ2v) is 9.09. The van der Waals surface area contributed by atoms with E-state index >= 15 is 0 Å². The average Bonchev–Trinajstić information content (AvgIpc) is 2.93. The summed E-state index contributed by atoms with van der Waals surface area (Å²) in [6, 6.07) is 19.6. The van der Waals surface area contributed by atoms with Gasteiger partial charge in [0.1, 0.15) is 5.75 Å². The molecule has 1 saturated heterocycles. The number of pyridine rings is 1. The van der Waals surface area contributed by atoms with Crippen LogP contribution in [0.3, 0.4) is 0 Å². The first kappa shape index (κ1) is 25.4. The van der Waals surface area contributed by atoms with Crippen molar-refractivity contribution < 1.29 is 14.3 Å². The third-order valence-electron chi connectivity index (χ3n) is 5.86. The van der Waals surface area contributed by atoms with E-state index < -0.39 is 11.5 Å². The highest BCUT2D eigenvalue weighted by atomic mass is 35.5. The first-order valence-corrected chi connectivity index (χ1v) is 12.5. The molecule has 0 spiro atoms. The number of amides is 1. The van der Waals surface area contributed by atoms with Crippen molar-refractivity contribution in [2.45, 2.75) is 25.4 Å². The number of rotatable bonds is 8. The first-order chi connectivity index (χ1) is 18.5. The minimum absolute atomic E-state index is 0.0770. The van der Waals surface area contributed by atoms with Gasteiger partial charge in [0.05, 0.1) is 6.54 Å². The zero-order valence-electron chi connectivity index (χ0n) is 20.3. The number of nitrogens with zero attached hydrogens (tertiary/aromatic N) is 4.